The summed E-state index contributed by atoms with van der Waals surface area (Å²) in [7, 11) is 1.52. The molecule has 1 fully saturated rings. The van der Waals surface area contributed by atoms with E-state index in [9.17, 15) is 19.1 Å². The number of carbonyl (C=O) groups excluding carboxylic acids is 2. The molecule has 3 amide bonds. The molecule has 1 heterocycles. The highest BCUT2D eigenvalue weighted by Gasteiger charge is 2.43. The Morgan fingerprint density at radius 3 is 2.55 bits per heavy atom. The van der Waals surface area contributed by atoms with Gasteiger partial charge in [0.1, 0.15) is 24.6 Å². The molecule has 164 valence electrons. The number of imide groups is 1. The number of nitrogens with zero attached hydrogens (tertiary/aromatic N) is 2. The molecule has 1 aliphatic heterocycles. The number of aliphatic hydroxyl groups is 1. The van der Waals surface area contributed by atoms with Crippen molar-refractivity contribution in [2.45, 2.75) is 25.5 Å². The van der Waals surface area contributed by atoms with Gasteiger partial charge in [0, 0.05) is 5.69 Å². The maximum absolute atomic E-state index is 13.2. The van der Waals surface area contributed by atoms with Crippen LogP contribution < -0.4 is 14.4 Å². The fourth-order valence-corrected chi connectivity index (χ4v) is 3.40. The Morgan fingerprint density at radius 1 is 1.19 bits per heavy atom. The number of rotatable bonds is 9. The summed E-state index contributed by atoms with van der Waals surface area (Å²) in [5.74, 6) is 0.0669. The van der Waals surface area contributed by atoms with Gasteiger partial charge in [-0.05, 0) is 55.3 Å². The number of β-amino-alcohol motifs (C(OH)–C–C–N with tert-alkyl or cyclic N) is 1. The molecule has 0 aromatic heterocycles. The van der Waals surface area contributed by atoms with Crippen LogP contribution in [0, 0.1) is 5.82 Å². The number of ether oxygens (including phenoxy) is 2. The van der Waals surface area contributed by atoms with Gasteiger partial charge in [-0.2, -0.15) is 0 Å². The third-order valence-electron chi connectivity index (χ3n) is 4.99. The summed E-state index contributed by atoms with van der Waals surface area (Å²) in [5, 5.41) is 10.4. The fraction of sp³-hybridized carbons (Fsp3) is 0.304. The van der Waals surface area contributed by atoms with E-state index in [-0.39, 0.29) is 13.2 Å². The van der Waals surface area contributed by atoms with Crippen LogP contribution >= 0.6 is 0 Å². The Bertz CT molecular complexity index is 963. The van der Waals surface area contributed by atoms with Crippen LogP contribution in [0.4, 0.5) is 14.9 Å². The van der Waals surface area contributed by atoms with Gasteiger partial charge in [-0.15, -0.1) is 6.58 Å². The zero-order valence-corrected chi connectivity index (χ0v) is 17.5. The van der Waals surface area contributed by atoms with Crippen molar-refractivity contribution in [3.63, 3.8) is 0 Å². The number of carbonyl (C=O) groups is 2. The topological polar surface area (TPSA) is 79.3 Å². The SMILES string of the molecule is C=CCc1ccc(OC[C@H](O)CN2C(=O)[C@H](C)N(c3ccc(F)cc3)C2=O)c(OC)c1. The van der Waals surface area contributed by atoms with E-state index in [4.69, 9.17) is 9.47 Å². The highest BCUT2D eigenvalue weighted by atomic mass is 19.1. The minimum absolute atomic E-state index is 0.140. The number of amides is 3. The number of benzene rings is 2. The minimum atomic E-state index is -1.11. The summed E-state index contributed by atoms with van der Waals surface area (Å²) >= 11 is 0. The van der Waals surface area contributed by atoms with Gasteiger partial charge in [0.2, 0.25) is 0 Å². The first-order valence-electron chi connectivity index (χ1n) is 9.84. The minimum Gasteiger partial charge on any atom is -0.493 e. The van der Waals surface area contributed by atoms with Gasteiger partial charge in [-0.1, -0.05) is 12.1 Å². The first kappa shape index (κ1) is 22.3. The summed E-state index contributed by atoms with van der Waals surface area (Å²) in [6.07, 6.45) is 1.35. The highest BCUT2D eigenvalue weighted by molar-refractivity contribution is 6.14. The molecule has 0 aliphatic carbocycles. The van der Waals surface area contributed by atoms with Crippen molar-refractivity contribution in [2.24, 2.45) is 0 Å². The molecule has 8 heteroatoms. The second-order valence-corrected chi connectivity index (χ2v) is 7.20. The molecule has 3 rings (SSSR count). The molecule has 1 N–H and O–H groups in total. The monoisotopic (exact) mass is 428 g/mol. The van der Waals surface area contributed by atoms with Gasteiger partial charge in [-0.3, -0.25) is 14.6 Å². The second-order valence-electron chi connectivity index (χ2n) is 7.20. The van der Waals surface area contributed by atoms with E-state index < -0.39 is 29.9 Å². The van der Waals surface area contributed by atoms with E-state index in [1.807, 2.05) is 12.1 Å². The molecule has 0 spiro atoms. The number of anilines is 1. The number of methoxy groups -OCH3 is 1. The molecule has 2 aromatic carbocycles. The molecular formula is C23H25FN2O5. The number of hydrogen-bond donors (Lipinski definition) is 1. The Kier molecular flexibility index (Phi) is 6.91. The van der Waals surface area contributed by atoms with Crippen molar-refractivity contribution in [2.75, 3.05) is 25.2 Å². The van der Waals surface area contributed by atoms with E-state index in [1.165, 1.54) is 36.3 Å². The first-order chi connectivity index (χ1) is 14.8. The zero-order chi connectivity index (χ0) is 22.5. The van der Waals surface area contributed by atoms with Crippen molar-refractivity contribution in [1.29, 1.82) is 0 Å². The standard InChI is InChI=1S/C23H25FN2O5/c1-4-5-16-6-11-20(21(12-16)30-3)31-14-19(27)13-25-22(28)15(2)26(23(25)29)18-9-7-17(24)8-10-18/h4,6-12,15,19,27H,1,5,13-14H2,2-3H3/t15-,19+/m0/s1. The summed E-state index contributed by atoms with van der Waals surface area (Å²) in [6, 6.07) is 9.39. The number of aliphatic hydroxyl groups excluding tert-OH is 1. The predicted octanol–water partition coefficient (Wildman–Crippen LogP) is 3.16. The molecule has 0 saturated carbocycles. The van der Waals surface area contributed by atoms with Crippen LogP contribution in [0.3, 0.4) is 0 Å². The number of allylic oxidation sites excluding steroid dienone is 1. The van der Waals surface area contributed by atoms with Gasteiger partial charge in [-0.25, -0.2) is 9.18 Å². The zero-order valence-electron chi connectivity index (χ0n) is 17.5. The van der Waals surface area contributed by atoms with Gasteiger partial charge >= 0.3 is 6.03 Å². The van der Waals surface area contributed by atoms with Crippen molar-refractivity contribution in [3.8, 4) is 11.5 Å². The highest BCUT2D eigenvalue weighted by Crippen LogP contribution is 2.29. The summed E-state index contributed by atoms with van der Waals surface area (Å²) in [4.78, 5) is 27.6. The van der Waals surface area contributed by atoms with E-state index in [0.29, 0.717) is 23.6 Å². The van der Waals surface area contributed by atoms with Crippen LogP contribution in [0.5, 0.6) is 11.5 Å². The van der Waals surface area contributed by atoms with Crippen molar-refractivity contribution >= 4 is 17.6 Å². The third-order valence-corrected chi connectivity index (χ3v) is 4.99. The Hall–Kier alpha value is -3.39. The molecule has 2 aromatic rings. The molecule has 0 radical (unpaired) electrons. The van der Waals surface area contributed by atoms with Crippen molar-refractivity contribution in [3.05, 3.63) is 66.5 Å². The summed E-state index contributed by atoms with van der Waals surface area (Å²) in [5.41, 5.74) is 1.41. The van der Waals surface area contributed by atoms with Crippen LogP contribution in [-0.4, -0.2) is 54.4 Å². The molecular weight excluding hydrogens is 403 g/mol. The van der Waals surface area contributed by atoms with E-state index in [2.05, 4.69) is 6.58 Å². The summed E-state index contributed by atoms with van der Waals surface area (Å²) in [6.45, 7) is 4.92. The van der Waals surface area contributed by atoms with E-state index in [1.54, 1.807) is 19.1 Å². The van der Waals surface area contributed by atoms with Crippen LogP contribution in [0.1, 0.15) is 12.5 Å². The maximum atomic E-state index is 13.2. The van der Waals surface area contributed by atoms with Crippen LogP contribution in [0.25, 0.3) is 0 Å². The summed E-state index contributed by atoms with van der Waals surface area (Å²) < 4.78 is 24.2. The maximum Gasteiger partial charge on any atom is 0.332 e. The molecule has 1 aliphatic rings. The fourth-order valence-electron chi connectivity index (χ4n) is 3.40. The Balaban J connectivity index is 1.64. The third kappa shape index (κ3) is 4.86. The Labute approximate surface area is 180 Å². The van der Waals surface area contributed by atoms with E-state index in [0.717, 1.165) is 10.5 Å². The number of hydrogen-bond acceptors (Lipinski definition) is 5. The van der Waals surface area contributed by atoms with Crippen LogP contribution in [0.15, 0.2) is 55.1 Å². The average molecular weight is 428 g/mol. The lowest BCUT2D eigenvalue weighted by Gasteiger charge is -2.21. The van der Waals surface area contributed by atoms with Crippen LogP contribution in [0.2, 0.25) is 0 Å². The largest absolute Gasteiger partial charge is 0.493 e. The second kappa shape index (κ2) is 9.61. The molecule has 2 atom stereocenters. The Morgan fingerprint density at radius 2 is 1.90 bits per heavy atom. The molecule has 31 heavy (non-hydrogen) atoms. The molecule has 7 nitrogen and oxygen atoms in total. The predicted molar refractivity (Wildman–Crippen MR) is 114 cm³/mol. The first-order valence-corrected chi connectivity index (χ1v) is 9.84. The van der Waals surface area contributed by atoms with Crippen molar-refractivity contribution in [1.82, 2.24) is 4.90 Å². The van der Waals surface area contributed by atoms with Gasteiger partial charge < -0.3 is 14.6 Å². The van der Waals surface area contributed by atoms with Crippen LogP contribution in [-0.2, 0) is 11.2 Å². The van der Waals surface area contributed by atoms with Crippen molar-refractivity contribution < 1.29 is 28.6 Å². The molecule has 0 unspecified atom stereocenters. The smallest absolute Gasteiger partial charge is 0.332 e. The lowest BCUT2D eigenvalue weighted by atomic mass is 10.1. The lowest BCUT2D eigenvalue weighted by Crippen LogP contribution is -2.40. The van der Waals surface area contributed by atoms with Gasteiger partial charge in [0.25, 0.3) is 5.91 Å². The van der Waals surface area contributed by atoms with E-state index >= 15 is 0 Å². The van der Waals surface area contributed by atoms with Gasteiger partial charge in [0.15, 0.2) is 11.5 Å². The lowest BCUT2D eigenvalue weighted by molar-refractivity contribution is -0.128. The quantitative estimate of drug-likeness (QED) is 0.490. The molecule has 1 saturated heterocycles. The average Bonchev–Trinajstić information content (AvgIpc) is 2.97. The number of urea groups is 1. The molecule has 0 bridgehead atoms. The normalized spacial score (nSPS) is 17.1. The number of halogens is 1. The van der Waals surface area contributed by atoms with Gasteiger partial charge in [0.05, 0.1) is 13.7 Å².